The van der Waals surface area contributed by atoms with Crippen LogP contribution in [0.3, 0.4) is 0 Å². The van der Waals surface area contributed by atoms with Gasteiger partial charge in [-0.25, -0.2) is 9.59 Å². The van der Waals surface area contributed by atoms with Crippen LogP contribution >= 0.6 is 0 Å². The first-order chi connectivity index (χ1) is 41.8. The Hall–Kier alpha value is -8.33. The summed E-state index contributed by atoms with van der Waals surface area (Å²) >= 11 is 0. The maximum Gasteiger partial charge on any atom is 0.330 e. The van der Waals surface area contributed by atoms with Gasteiger partial charge in [0.2, 0.25) is 29.4 Å². The van der Waals surface area contributed by atoms with Gasteiger partial charge < -0.3 is 58.7 Å². The molecule has 0 saturated carbocycles. The molecule has 0 unspecified atom stereocenters. The van der Waals surface area contributed by atoms with E-state index in [-0.39, 0.29) is 57.6 Å². The molecule has 6 amide bonds. The van der Waals surface area contributed by atoms with E-state index in [0.29, 0.717) is 54.7 Å². The summed E-state index contributed by atoms with van der Waals surface area (Å²) in [6.45, 7) is 8.81. The number of carbonyl (C=O) groups excluding carboxylic acids is 9. The zero-order chi connectivity index (χ0) is 64.3. The molecule has 1 saturated heterocycles. The second-order valence-corrected chi connectivity index (χ2v) is 24.1. The molecule has 476 valence electrons. The summed E-state index contributed by atoms with van der Waals surface area (Å²) in [5.74, 6) is -5.04. The van der Waals surface area contributed by atoms with Gasteiger partial charge in [-0.3, -0.25) is 33.6 Å². The molecule has 0 aromatic heterocycles. The van der Waals surface area contributed by atoms with E-state index in [2.05, 4.69) is 10.6 Å². The third-order valence-corrected chi connectivity index (χ3v) is 15.8. The van der Waals surface area contributed by atoms with Crippen LogP contribution in [0.15, 0.2) is 97.1 Å². The number of carbonyl (C=O) groups is 9. The predicted octanol–water partition coefficient (Wildman–Crippen LogP) is 6.89. The monoisotopic (exact) mass is 1220 g/mol. The van der Waals surface area contributed by atoms with Gasteiger partial charge in [-0.2, -0.15) is 0 Å². The van der Waals surface area contributed by atoms with Crippen molar-refractivity contribution in [3.8, 4) is 17.2 Å². The number of nitrogens with zero attached hydrogens (tertiary/aromatic N) is 4. The molecule has 4 aromatic rings. The highest BCUT2D eigenvalue weighted by atomic mass is 16.5. The van der Waals surface area contributed by atoms with Gasteiger partial charge in [0.25, 0.3) is 11.8 Å². The van der Waals surface area contributed by atoms with Crippen LogP contribution in [0.1, 0.15) is 116 Å². The smallest absolute Gasteiger partial charge is 0.330 e. The molecule has 0 spiro atoms. The molecule has 1 fully saturated rings. The van der Waals surface area contributed by atoms with Gasteiger partial charge >= 0.3 is 11.9 Å². The molecule has 2 N–H and O–H groups in total. The number of amides is 6. The fourth-order valence-electron chi connectivity index (χ4n) is 10.3. The van der Waals surface area contributed by atoms with Gasteiger partial charge in [0, 0.05) is 46.7 Å². The van der Waals surface area contributed by atoms with E-state index >= 15 is 4.79 Å². The topological polar surface area (TPSA) is 246 Å². The van der Waals surface area contributed by atoms with Crippen molar-refractivity contribution in [2.45, 2.75) is 142 Å². The second kappa shape index (κ2) is 32.1. The van der Waals surface area contributed by atoms with Gasteiger partial charge in [-0.1, -0.05) is 86.5 Å². The number of esters is 2. The number of fused-ring (bicyclic) bond motifs is 4. The predicted molar refractivity (Wildman–Crippen MR) is 330 cm³/mol. The van der Waals surface area contributed by atoms with Gasteiger partial charge in [-0.05, 0) is 131 Å². The van der Waals surface area contributed by atoms with Crippen LogP contribution in [0.4, 0.5) is 0 Å². The molecular weight excluding hydrogens is 1130 g/mol. The number of likely N-dealkylation sites (N-methyl/N-ethyl adjacent to an activating group) is 3. The maximum atomic E-state index is 15.1. The average Bonchev–Trinajstić information content (AvgIpc) is 1.42. The zero-order valence-electron chi connectivity index (χ0n) is 52.9. The Kier molecular flexibility index (Phi) is 25.1. The fourth-order valence-corrected chi connectivity index (χ4v) is 10.3. The molecule has 2 aliphatic rings. The Morgan fingerprint density at radius 2 is 1.45 bits per heavy atom. The van der Waals surface area contributed by atoms with Crippen LogP contribution in [-0.2, 0) is 70.2 Å². The Bertz CT molecular complexity index is 3160. The third-order valence-electron chi connectivity index (χ3n) is 15.8. The van der Waals surface area contributed by atoms with Crippen molar-refractivity contribution < 1.29 is 71.6 Å². The van der Waals surface area contributed by atoms with Crippen molar-refractivity contribution in [1.82, 2.24) is 30.2 Å². The van der Waals surface area contributed by atoms with Crippen molar-refractivity contribution in [2.24, 2.45) is 5.41 Å². The van der Waals surface area contributed by atoms with E-state index in [1.165, 1.54) is 74.9 Å². The van der Waals surface area contributed by atoms with Crippen molar-refractivity contribution in [3.05, 3.63) is 114 Å². The Morgan fingerprint density at radius 3 is 2.17 bits per heavy atom. The number of ketones is 1. The number of cyclic esters (lactones) is 2. The number of piperidine rings is 1. The van der Waals surface area contributed by atoms with E-state index in [1.807, 2.05) is 61.5 Å². The number of nitrogens with one attached hydrogen (secondary N) is 2. The molecule has 5 atom stereocenters. The summed E-state index contributed by atoms with van der Waals surface area (Å²) in [5, 5.41) is 7.50. The van der Waals surface area contributed by atoms with Crippen LogP contribution in [0.25, 0.3) is 10.8 Å². The highest BCUT2D eigenvalue weighted by molar-refractivity contribution is 6.38. The summed E-state index contributed by atoms with van der Waals surface area (Å²) in [5.41, 5.74) is -0.204. The summed E-state index contributed by atoms with van der Waals surface area (Å²) < 4.78 is 35.1. The number of aryl methyl sites for hydroxylation is 1. The molecule has 88 heavy (non-hydrogen) atoms. The molecule has 0 radical (unpaired) electrons. The fraction of sp³-hybridized carbons (Fsp3) is 0.507. The summed E-state index contributed by atoms with van der Waals surface area (Å²) in [4.78, 5) is 133. The number of Topliss-reactive ketones (excluding diaryl/α,β-unsaturated/α-hetero) is 1. The van der Waals surface area contributed by atoms with E-state index in [4.69, 9.17) is 28.4 Å². The van der Waals surface area contributed by atoms with Crippen LogP contribution in [-0.4, -0.2) is 177 Å². The Balaban J connectivity index is 1.35. The normalized spacial score (nSPS) is 21.9. The molecule has 21 nitrogen and oxygen atoms in total. The highest BCUT2D eigenvalue weighted by Crippen LogP contribution is 2.33. The van der Waals surface area contributed by atoms with E-state index in [9.17, 15) is 38.4 Å². The average molecular weight is 1220 g/mol. The number of methoxy groups -OCH3 is 2. The number of ether oxygens (including phenoxy) is 6. The van der Waals surface area contributed by atoms with E-state index in [1.54, 1.807) is 51.1 Å². The first-order valence-corrected chi connectivity index (χ1v) is 30.1. The largest absolute Gasteiger partial charge is 0.493 e. The van der Waals surface area contributed by atoms with Crippen molar-refractivity contribution in [2.75, 3.05) is 74.8 Å². The van der Waals surface area contributed by atoms with Crippen molar-refractivity contribution in [1.29, 1.82) is 0 Å². The first-order valence-electron chi connectivity index (χ1n) is 30.1. The van der Waals surface area contributed by atoms with Gasteiger partial charge in [-0.15, -0.1) is 0 Å². The first kappa shape index (κ1) is 68.8. The minimum Gasteiger partial charge on any atom is -0.493 e. The summed E-state index contributed by atoms with van der Waals surface area (Å²) in [7, 11) is 7.51. The number of hydrogen-bond acceptors (Lipinski definition) is 15. The lowest BCUT2D eigenvalue weighted by Crippen LogP contribution is -2.59. The second-order valence-electron chi connectivity index (χ2n) is 24.1. The van der Waals surface area contributed by atoms with Gasteiger partial charge in [0.05, 0.1) is 38.4 Å². The van der Waals surface area contributed by atoms with Gasteiger partial charge in [0.15, 0.2) is 18.1 Å². The molecule has 2 bridgehead atoms. The Labute approximate surface area is 516 Å². The molecule has 6 rings (SSSR count). The molecular formula is C67H88N6O15. The van der Waals surface area contributed by atoms with Crippen LogP contribution < -0.4 is 24.8 Å². The number of hydrogen-bond donors (Lipinski definition) is 2. The SMILES string of the molecule is CCCC[C@H]1C(=O)N[C@@H](Cc2ccc3ccccc3c2)C(=O)N(C)[C@@H](COC(C)(C)C)C(=O)NCC(=O)N(C)CC/C=C/C(=O)OCC(C)(C)C(=O)C(=O)N2CCCC[C@H]2C(=O)O[C@H](CCc2ccc(OC)c(OC)c2)c2cccc(c2)OCC(=O)N1C. The summed E-state index contributed by atoms with van der Waals surface area (Å²) in [6.07, 6.45) is 5.28. The van der Waals surface area contributed by atoms with E-state index in [0.717, 1.165) is 22.4 Å². The molecule has 2 aliphatic heterocycles. The quantitative estimate of drug-likeness (QED) is 0.108. The Morgan fingerprint density at radius 1 is 0.727 bits per heavy atom. The molecule has 21 heteroatoms. The van der Waals surface area contributed by atoms with E-state index < -0.39 is 114 Å². The zero-order valence-corrected chi connectivity index (χ0v) is 52.9. The molecule has 4 aromatic carbocycles. The minimum absolute atomic E-state index is 0.000560. The highest BCUT2D eigenvalue weighted by Gasteiger charge is 2.43. The standard InChI is InChI=1S/C67H88N6O15/c1-12-13-25-51-62(79)69-50(37-45-28-31-46-21-14-15-22-47(46)36-45)63(80)72(9)53(41-87-66(2,3)4)61(78)68-40-57(74)70(7)34-18-17-27-59(76)86-43-67(5,6)60(77)64(81)73-35-19-16-26-52(73)65(82)88-54(32-29-44-30-33-55(83-10)56(38-44)84-11)48-23-20-24-49(39-48)85-42-58(75)71(51)8/h14-15,17,20-24,27-28,30-31,33,36,38-39,50-54H,12-13,16,18-19,25-26,29,32,34-35,37,40-43H2,1-11H3,(H,68,78)(H,69,79)/b27-17+/t50-,51-,52-,53-,54+/m0/s1. The maximum absolute atomic E-state index is 15.1. The van der Waals surface area contributed by atoms with Crippen LogP contribution in [0.5, 0.6) is 17.2 Å². The number of rotatable bonds is 12. The summed E-state index contributed by atoms with van der Waals surface area (Å²) in [6, 6.07) is 20.9. The van der Waals surface area contributed by atoms with Gasteiger partial charge in [0.1, 0.15) is 42.6 Å². The minimum atomic E-state index is -1.50. The van der Waals surface area contributed by atoms with Crippen LogP contribution in [0.2, 0.25) is 0 Å². The van der Waals surface area contributed by atoms with Crippen molar-refractivity contribution >= 4 is 63.9 Å². The number of unbranched alkanes of at least 4 members (excludes halogenated alkanes) is 1. The lowest BCUT2D eigenvalue weighted by molar-refractivity contribution is -0.165. The third kappa shape index (κ3) is 19.3. The lowest BCUT2D eigenvalue weighted by Gasteiger charge is -2.36. The lowest BCUT2D eigenvalue weighted by atomic mass is 9.87. The molecule has 2 heterocycles. The number of benzene rings is 4. The van der Waals surface area contributed by atoms with Crippen LogP contribution in [0, 0.1) is 5.41 Å². The molecule has 0 aliphatic carbocycles. The van der Waals surface area contributed by atoms with Crippen molar-refractivity contribution in [3.63, 3.8) is 0 Å².